The van der Waals surface area contributed by atoms with E-state index in [9.17, 15) is 14.7 Å². The van der Waals surface area contributed by atoms with Gasteiger partial charge < -0.3 is 19.3 Å². The summed E-state index contributed by atoms with van der Waals surface area (Å²) in [5.74, 6) is -0.698. The van der Waals surface area contributed by atoms with E-state index >= 15 is 0 Å². The highest BCUT2D eigenvalue weighted by Crippen LogP contribution is 2.29. The van der Waals surface area contributed by atoms with Gasteiger partial charge in [0, 0.05) is 12.8 Å². The summed E-state index contributed by atoms with van der Waals surface area (Å²) in [4.78, 5) is 24.1. The lowest BCUT2D eigenvalue weighted by Gasteiger charge is -2.15. The predicted molar refractivity (Wildman–Crippen MR) is 186 cm³/mol. The molecule has 1 aliphatic heterocycles. The molecule has 1 N–H and O–H groups in total. The summed E-state index contributed by atoms with van der Waals surface area (Å²) in [5.41, 5.74) is 0. The normalized spacial score (nSPS) is 17.4. The van der Waals surface area contributed by atoms with Crippen LogP contribution in [0.15, 0.2) is 60.8 Å². The molecule has 1 heterocycles. The summed E-state index contributed by atoms with van der Waals surface area (Å²) in [6.45, 7) is 3.93. The molecule has 0 amide bonds. The van der Waals surface area contributed by atoms with Crippen molar-refractivity contribution in [2.45, 2.75) is 161 Å². The van der Waals surface area contributed by atoms with Crippen LogP contribution in [-0.2, 0) is 23.8 Å². The summed E-state index contributed by atoms with van der Waals surface area (Å²) in [6.07, 6.45) is 41.8. The summed E-state index contributed by atoms with van der Waals surface area (Å²) in [6, 6.07) is 0. The zero-order chi connectivity index (χ0) is 32.6. The Balaban J connectivity index is 1.97. The Morgan fingerprint density at radius 1 is 0.644 bits per heavy atom. The van der Waals surface area contributed by atoms with E-state index in [0.717, 1.165) is 57.8 Å². The van der Waals surface area contributed by atoms with E-state index in [1.807, 2.05) is 12.2 Å². The lowest BCUT2D eigenvalue weighted by atomic mass is 10.1. The monoisotopic (exact) mass is 628 g/mol. The van der Waals surface area contributed by atoms with Gasteiger partial charge in [-0.2, -0.15) is 0 Å². The fourth-order valence-electron chi connectivity index (χ4n) is 4.91. The first-order valence-electron chi connectivity index (χ1n) is 18.0. The van der Waals surface area contributed by atoms with Gasteiger partial charge in [0.05, 0.1) is 18.8 Å². The van der Waals surface area contributed by atoms with Gasteiger partial charge in [0.2, 0.25) is 0 Å². The van der Waals surface area contributed by atoms with Gasteiger partial charge in [-0.25, -0.2) is 0 Å². The Bertz CT molecular complexity index is 871. The van der Waals surface area contributed by atoms with Crippen molar-refractivity contribution in [2.75, 3.05) is 13.2 Å². The third kappa shape index (κ3) is 26.5. The molecule has 1 aliphatic rings. The number of aliphatic hydroxyl groups is 1. The smallest absolute Gasteiger partial charge is 0.306 e. The average molecular weight is 629 g/mol. The van der Waals surface area contributed by atoms with Crippen LogP contribution in [0, 0.1) is 0 Å². The molecular formula is C39H64O6. The maximum absolute atomic E-state index is 12.1. The Hall–Kier alpha value is -2.44. The molecule has 2 unspecified atom stereocenters. The van der Waals surface area contributed by atoms with Crippen molar-refractivity contribution in [3.8, 4) is 0 Å². The van der Waals surface area contributed by atoms with Crippen molar-refractivity contribution in [1.82, 2.24) is 0 Å². The quantitative estimate of drug-likeness (QED) is 0.0369. The lowest BCUT2D eigenvalue weighted by molar-refractivity contribution is -0.161. The number of carbonyl (C=O) groups is 2. The molecule has 0 aromatic heterocycles. The highest BCUT2D eigenvalue weighted by Gasteiger charge is 2.35. The number of hydrogen-bond donors (Lipinski definition) is 1. The number of unbranched alkanes of at least 4 members (excludes halogenated alkanes) is 10. The van der Waals surface area contributed by atoms with Gasteiger partial charge in [-0.1, -0.05) is 139 Å². The number of carbonyl (C=O) groups excluding carboxylic acids is 2. The highest BCUT2D eigenvalue weighted by atomic mass is 16.6. The fourth-order valence-corrected chi connectivity index (χ4v) is 4.91. The number of esters is 2. The maximum Gasteiger partial charge on any atom is 0.306 e. The van der Waals surface area contributed by atoms with Crippen LogP contribution in [0.5, 0.6) is 0 Å². The van der Waals surface area contributed by atoms with E-state index in [-0.39, 0.29) is 25.6 Å². The molecule has 0 radical (unpaired) electrons. The highest BCUT2D eigenvalue weighted by molar-refractivity contribution is 5.70. The van der Waals surface area contributed by atoms with Crippen LogP contribution in [0.3, 0.4) is 0 Å². The number of hydrogen-bond acceptors (Lipinski definition) is 6. The van der Waals surface area contributed by atoms with Crippen molar-refractivity contribution in [2.24, 2.45) is 0 Å². The van der Waals surface area contributed by atoms with Gasteiger partial charge >= 0.3 is 11.9 Å². The molecule has 0 aromatic carbocycles. The topological polar surface area (TPSA) is 85.4 Å². The van der Waals surface area contributed by atoms with Crippen molar-refractivity contribution < 1.29 is 28.9 Å². The van der Waals surface area contributed by atoms with Crippen LogP contribution >= 0.6 is 0 Å². The van der Waals surface area contributed by atoms with Crippen LogP contribution in [0.2, 0.25) is 0 Å². The second-order valence-corrected chi connectivity index (χ2v) is 12.0. The molecule has 0 spiro atoms. The zero-order valence-corrected chi connectivity index (χ0v) is 28.6. The minimum atomic E-state index is -0.813. The van der Waals surface area contributed by atoms with Gasteiger partial charge in [-0.15, -0.1) is 0 Å². The summed E-state index contributed by atoms with van der Waals surface area (Å²) >= 11 is 0. The first kappa shape index (κ1) is 40.6. The largest absolute Gasteiger partial charge is 0.462 e. The Labute approximate surface area is 275 Å². The van der Waals surface area contributed by atoms with Crippen molar-refractivity contribution in [1.29, 1.82) is 0 Å². The molecule has 1 saturated heterocycles. The summed E-state index contributed by atoms with van der Waals surface area (Å²) in [5, 5.41) is 9.51. The standard InChI is InChI=1S/C39H64O6/c1-3-5-7-8-9-10-13-17-20-23-27-31-38(41)43-34-35(33-40)44-39(42)32-28-24-21-18-15-12-11-14-16-19-22-26-30-37-36(45-37)29-25-6-4-2/h6,12,14-16,21-22,24-26,35-37,40H,3-5,7-11,13,17-20,23,27-34H2,1-2H3/b15-12-,16-14-,24-21-,25-6-,26-22-/t35-,36?,37?/m0/s1. The summed E-state index contributed by atoms with van der Waals surface area (Å²) < 4.78 is 16.2. The molecule has 256 valence electrons. The van der Waals surface area contributed by atoms with E-state index in [1.165, 1.54) is 51.4 Å². The fraction of sp³-hybridized carbons (Fsp3) is 0.692. The van der Waals surface area contributed by atoms with E-state index in [1.54, 1.807) is 0 Å². The minimum Gasteiger partial charge on any atom is -0.462 e. The Kier molecular flexibility index (Phi) is 27.3. The molecule has 1 rings (SSSR count). The first-order valence-corrected chi connectivity index (χ1v) is 18.0. The van der Waals surface area contributed by atoms with E-state index in [4.69, 9.17) is 14.2 Å². The molecule has 0 aromatic rings. The first-order chi connectivity index (χ1) is 22.1. The van der Waals surface area contributed by atoms with Crippen LogP contribution < -0.4 is 0 Å². The molecule has 6 heteroatoms. The van der Waals surface area contributed by atoms with Crippen LogP contribution in [0.4, 0.5) is 0 Å². The van der Waals surface area contributed by atoms with Crippen molar-refractivity contribution in [3.63, 3.8) is 0 Å². The maximum atomic E-state index is 12.1. The number of ether oxygens (including phenoxy) is 3. The molecule has 1 fully saturated rings. The second-order valence-electron chi connectivity index (χ2n) is 12.0. The van der Waals surface area contributed by atoms with Crippen LogP contribution in [-0.4, -0.2) is 48.6 Å². The number of allylic oxidation sites excluding steroid dienone is 8. The third-order valence-electron chi connectivity index (χ3n) is 7.74. The number of aliphatic hydroxyl groups excluding tert-OH is 1. The lowest BCUT2D eigenvalue weighted by Crippen LogP contribution is -2.28. The SMILES string of the molecule is CC/C=C\CC1OC1C/C=C\C/C=C\C/C=C\C/C=C\CCC(=O)O[C@@H](CO)COC(=O)CCCCCCCCCCCCC. The predicted octanol–water partition coefficient (Wildman–Crippen LogP) is 9.82. The van der Waals surface area contributed by atoms with Gasteiger partial charge in [0.25, 0.3) is 0 Å². The van der Waals surface area contributed by atoms with Gasteiger partial charge in [-0.05, 0) is 51.4 Å². The molecule has 3 atom stereocenters. The van der Waals surface area contributed by atoms with Crippen molar-refractivity contribution in [3.05, 3.63) is 60.8 Å². The molecule has 45 heavy (non-hydrogen) atoms. The van der Waals surface area contributed by atoms with Crippen LogP contribution in [0.25, 0.3) is 0 Å². The van der Waals surface area contributed by atoms with Crippen molar-refractivity contribution >= 4 is 11.9 Å². The van der Waals surface area contributed by atoms with E-state index < -0.39 is 12.1 Å². The average Bonchev–Trinajstić information content (AvgIpc) is 3.79. The van der Waals surface area contributed by atoms with Gasteiger partial charge in [0.15, 0.2) is 6.10 Å². The molecule has 0 aliphatic carbocycles. The molecule has 6 nitrogen and oxygen atoms in total. The van der Waals surface area contributed by atoms with E-state index in [0.29, 0.717) is 25.0 Å². The number of epoxide rings is 1. The molecule has 0 bridgehead atoms. The molecular weight excluding hydrogens is 564 g/mol. The third-order valence-corrected chi connectivity index (χ3v) is 7.74. The summed E-state index contributed by atoms with van der Waals surface area (Å²) in [7, 11) is 0. The number of rotatable bonds is 30. The second kappa shape index (κ2) is 30.2. The molecule has 0 saturated carbocycles. The Morgan fingerprint density at radius 3 is 1.71 bits per heavy atom. The van der Waals surface area contributed by atoms with Gasteiger partial charge in [-0.3, -0.25) is 9.59 Å². The van der Waals surface area contributed by atoms with E-state index in [2.05, 4.69) is 62.5 Å². The van der Waals surface area contributed by atoms with Gasteiger partial charge in [0.1, 0.15) is 6.61 Å². The minimum absolute atomic E-state index is 0.0997. The Morgan fingerprint density at radius 2 is 1.16 bits per heavy atom. The van der Waals surface area contributed by atoms with Crippen LogP contribution in [0.1, 0.15) is 142 Å². The zero-order valence-electron chi connectivity index (χ0n) is 28.6.